The summed E-state index contributed by atoms with van der Waals surface area (Å²) in [5.74, 6) is 0. The average Bonchev–Trinajstić information content (AvgIpc) is 2.74. The maximum Gasteiger partial charge on any atom is 0.317 e. The minimum Gasteiger partial charge on any atom is -0.379 e. The minimum absolute atomic E-state index is 0.0113. The van der Waals surface area contributed by atoms with Gasteiger partial charge in [-0.25, -0.2) is 4.79 Å². The number of ether oxygens (including phenoxy) is 2. The van der Waals surface area contributed by atoms with Crippen molar-refractivity contribution in [2.24, 2.45) is 0 Å². The Hall–Kier alpha value is -1.63. The molecule has 2 saturated heterocycles. The summed E-state index contributed by atoms with van der Waals surface area (Å²) in [7, 11) is 0. The van der Waals surface area contributed by atoms with Crippen molar-refractivity contribution in [2.45, 2.75) is 51.8 Å². The Balaban J connectivity index is 1.54. The second-order valence-corrected chi connectivity index (χ2v) is 7.75. The van der Waals surface area contributed by atoms with Crippen molar-refractivity contribution in [1.82, 2.24) is 15.1 Å². The fourth-order valence-corrected chi connectivity index (χ4v) is 3.91. The highest BCUT2D eigenvalue weighted by molar-refractivity contribution is 5.74. The summed E-state index contributed by atoms with van der Waals surface area (Å²) >= 11 is 0. The Morgan fingerprint density at radius 3 is 2.68 bits per heavy atom. The van der Waals surface area contributed by atoms with Crippen LogP contribution in [-0.2, 0) is 22.6 Å². The summed E-state index contributed by atoms with van der Waals surface area (Å²) in [6, 6.07) is 8.41. The third-order valence-electron chi connectivity index (χ3n) is 5.52. The van der Waals surface area contributed by atoms with Gasteiger partial charge in [0.25, 0.3) is 0 Å². The Kier molecular flexibility index (Phi) is 8.58. The molecule has 0 saturated carbocycles. The van der Waals surface area contributed by atoms with Crippen LogP contribution in [0.15, 0.2) is 24.3 Å². The molecule has 2 aliphatic rings. The van der Waals surface area contributed by atoms with E-state index in [2.05, 4.69) is 35.3 Å². The van der Waals surface area contributed by atoms with E-state index in [0.717, 1.165) is 65.3 Å². The summed E-state index contributed by atoms with van der Waals surface area (Å²) in [5, 5.41) is 3.14. The fraction of sp³-hybridized carbons (Fsp3) is 0.682. The van der Waals surface area contributed by atoms with E-state index in [9.17, 15) is 4.79 Å². The summed E-state index contributed by atoms with van der Waals surface area (Å²) < 4.78 is 11.3. The van der Waals surface area contributed by atoms with Gasteiger partial charge in [-0.15, -0.1) is 0 Å². The number of nitrogens with zero attached hydrogens (tertiary/aromatic N) is 2. The molecule has 0 aliphatic carbocycles. The molecule has 156 valence electrons. The lowest BCUT2D eigenvalue weighted by atomic mass is 10.1. The molecule has 2 aliphatic heterocycles. The van der Waals surface area contributed by atoms with E-state index in [0.29, 0.717) is 13.1 Å². The van der Waals surface area contributed by atoms with Crippen LogP contribution in [0.25, 0.3) is 0 Å². The molecule has 3 rings (SSSR count). The second-order valence-electron chi connectivity index (χ2n) is 7.75. The quantitative estimate of drug-likeness (QED) is 0.743. The van der Waals surface area contributed by atoms with Crippen LogP contribution in [-0.4, -0.2) is 67.9 Å². The molecule has 0 radical (unpaired) electrons. The van der Waals surface area contributed by atoms with Crippen LogP contribution in [0.4, 0.5) is 4.79 Å². The lowest BCUT2D eigenvalue weighted by Crippen LogP contribution is -2.45. The molecular weight excluding hydrogens is 354 g/mol. The van der Waals surface area contributed by atoms with Crippen molar-refractivity contribution in [3.63, 3.8) is 0 Å². The number of rotatable bonds is 8. The van der Waals surface area contributed by atoms with Crippen molar-refractivity contribution < 1.29 is 14.3 Å². The van der Waals surface area contributed by atoms with E-state index in [1.807, 2.05) is 11.0 Å². The van der Waals surface area contributed by atoms with Gasteiger partial charge in [0, 0.05) is 45.9 Å². The molecule has 2 fully saturated rings. The number of carbonyl (C=O) groups is 1. The van der Waals surface area contributed by atoms with Gasteiger partial charge in [0.15, 0.2) is 0 Å². The van der Waals surface area contributed by atoms with Crippen molar-refractivity contribution in [1.29, 1.82) is 0 Å². The van der Waals surface area contributed by atoms with Gasteiger partial charge in [-0.05, 0) is 36.8 Å². The first-order valence-electron chi connectivity index (χ1n) is 10.8. The SMILES string of the molecule is CCCN(CC1CCCCO1)C(=O)NCc1ccccc1CN1CCOCC1. The third-order valence-corrected chi connectivity index (χ3v) is 5.52. The number of urea groups is 1. The van der Waals surface area contributed by atoms with Crippen LogP contribution in [0.2, 0.25) is 0 Å². The zero-order valence-electron chi connectivity index (χ0n) is 17.2. The summed E-state index contributed by atoms with van der Waals surface area (Å²) in [6.07, 6.45) is 4.51. The van der Waals surface area contributed by atoms with Gasteiger partial charge in [0.05, 0.1) is 19.3 Å². The van der Waals surface area contributed by atoms with Crippen molar-refractivity contribution >= 4 is 6.03 Å². The number of nitrogens with one attached hydrogen (secondary N) is 1. The third kappa shape index (κ3) is 6.47. The molecule has 0 aromatic heterocycles. The molecule has 1 atom stereocenters. The van der Waals surface area contributed by atoms with Crippen molar-refractivity contribution in [2.75, 3.05) is 46.0 Å². The number of hydrogen-bond donors (Lipinski definition) is 1. The molecule has 1 aromatic carbocycles. The fourth-order valence-electron chi connectivity index (χ4n) is 3.91. The summed E-state index contributed by atoms with van der Waals surface area (Å²) in [6.45, 7) is 9.38. The molecule has 6 nitrogen and oxygen atoms in total. The molecule has 1 unspecified atom stereocenters. The number of benzene rings is 1. The van der Waals surface area contributed by atoms with E-state index in [1.165, 1.54) is 17.5 Å². The van der Waals surface area contributed by atoms with Crippen LogP contribution in [0, 0.1) is 0 Å². The molecule has 28 heavy (non-hydrogen) atoms. The van der Waals surface area contributed by atoms with Gasteiger partial charge >= 0.3 is 6.03 Å². The van der Waals surface area contributed by atoms with Gasteiger partial charge in [-0.2, -0.15) is 0 Å². The van der Waals surface area contributed by atoms with Crippen LogP contribution < -0.4 is 5.32 Å². The molecule has 0 spiro atoms. The average molecular weight is 390 g/mol. The maximum absolute atomic E-state index is 12.8. The first-order chi connectivity index (χ1) is 13.8. The first kappa shape index (κ1) is 21.1. The molecule has 0 bridgehead atoms. The second kappa shape index (κ2) is 11.4. The molecule has 6 heteroatoms. The normalized spacial score (nSPS) is 20.7. The standard InChI is InChI=1S/C22H35N3O3/c1-2-10-25(18-21-9-5-6-13-28-21)22(26)23-16-19-7-3-4-8-20(19)17-24-11-14-27-15-12-24/h3-4,7-8,21H,2,5-6,9-18H2,1H3,(H,23,26). The number of morpholine rings is 1. The van der Waals surface area contributed by atoms with Crippen molar-refractivity contribution in [3.05, 3.63) is 35.4 Å². The largest absolute Gasteiger partial charge is 0.379 e. The maximum atomic E-state index is 12.8. The van der Waals surface area contributed by atoms with Gasteiger partial charge in [-0.3, -0.25) is 4.90 Å². The lowest BCUT2D eigenvalue weighted by Gasteiger charge is -2.30. The van der Waals surface area contributed by atoms with Crippen LogP contribution in [0.1, 0.15) is 43.7 Å². The highest BCUT2D eigenvalue weighted by Gasteiger charge is 2.21. The Morgan fingerprint density at radius 1 is 1.18 bits per heavy atom. The number of amides is 2. The number of hydrogen-bond acceptors (Lipinski definition) is 4. The highest BCUT2D eigenvalue weighted by Crippen LogP contribution is 2.15. The minimum atomic E-state index is 0.0113. The van der Waals surface area contributed by atoms with Crippen LogP contribution in [0.3, 0.4) is 0 Å². The van der Waals surface area contributed by atoms with Gasteiger partial charge in [0.2, 0.25) is 0 Å². The molecule has 1 N–H and O–H groups in total. The first-order valence-corrected chi connectivity index (χ1v) is 10.8. The predicted molar refractivity (Wildman–Crippen MR) is 110 cm³/mol. The Morgan fingerprint density at radius 2 is 1.96 bits per heavy atom. The Bertz CT molecular complexity index is 598. The highest BCUT2D eigenvalue weighted by atomic mass is 16.5. The van der Waals surface area contributed by atoms with Gasteiger partial charge in [-0.1, -0.05) is 31.2 Å². The zero-order chi connectivity index (χ0) is 19.6. The van der Waals surface area contributed by atoms with Crippen LogP contribution >= 0.6 is 0 Å². The smallest absolute Gasteiger partial charge is 0.317 e. The predicted octanol–water partition coefficient (Wildman–Crippen LogP) is 3.01. The zero-order valence-corrected chi connectivity index (χ0v) is 17.2. The number of carbonyl (C=O) groups excluding carboxylic acids is 1. The van der Waals surface area contributed by atoms with Crippen molar-refractivity contribution in [3.8, 4) is 0 Å². The Labute approximate surface area is 169 Å². The lowest BCUT2D eigenvalue weighted by molar-refractivity contribution is 0.000692. The van der Waals surface area contributed by atoms with E-state index >= 15 is 0 Å². The van der Waals surface area contributed by atoms with Crippen LogP contribution in [0.5, 0.6) is 0 Å². The van der Waals surface area contributed by atoms with E-state index in [-0.39, 0.29) is 12.1 Å². The molecule has 2 amide bonds. The van der Waals surface area contributed by atoms with Gasteiger partial charge in [0.1, 0.15) is 0 Å². The molecule has 2 heterocycles. The van der Waals surface area contributed by atoms with E-state index < -0.39 is 0 Å². The summed E-state index contributed by atoms with van der Waals surface area (Å²) in [5.41, 5.74) is 2.47. The van der Waals surface area contributed by atoms with E-state index in [4.69, 9.17) is 9.47 Å². The van der Waals surface area contributed by atoms with Gasteiger partial charge < -0.3 is 19.7 Å². The summed E-state index contributed by atoms with van der Waals surface area (Å²) in [4.78, 5) is 17.1. The molecular formula is C22H35N3O3. The topological polar surface area (TPSA) is 54.0 Å². The molecule has 1 aromatic rings. The monoisotopic (exact) mass is 389 g/mol. The van der Waals surface area contributed by atoms with E-state index in [1.54, 1.807) is 0 Å².